The second-order valence-electron chi connectivity index (χ2n) is 14.1. The van der Waals surface area contributed by atoms with Crippen LogP contribution >= 0.6 is 0 Å². The molecule has 0 bridgehead atoms. The van der Waals surface area contributed by atoms with Gasteiger partial charge in [0.05, 0.1) is 55.5 Å². The van der Waals surface area contributed by atoms with Crippen LogP contribution in [0.4, 0.5) is 4.39 Å². The number of para-hydroxylation sites is 1. The van der Waals surface area contributed by atoms with Crippen molar-refractivity contribution < 1.29 is 41.7 Å². The number of nitrogens with zero attached hydrogens (tertiary/aromatic N) is 3. The van der Waals surface area contributed by atoms with Crippen molar-refractivity contribution in [3.05, 3.63) is 171 Å². The van der Waals surface area contributed by atoms with Crippen LogP contribution in [0.25, 0.3) is 44.6 Å². The van der Waals surface area contributed by atoms with E-state index in [0.29, 0.717) is 95.3 Å². The summed E-state index contributed by atoms with van der Waals surface area (Å²) in [6.45, 7) is 2.10. The molecule has 13 nitrogen and oxygen atoms in total. The molecule has 0 fully saturated rings. The molecule has 5 aromatic carbocycles. The first-order chi connectivity index (χ1) is 30.3. The molecule has 3 heterocycles. The van der Waals surface area contributed by atoms with Crippen LogP contribution in [0.2, 0.25) is 0 Å². The molecule has 0 atom stereocenters. The molecular weight excluding hydrogens is 798 g/mol. The van der Waals surface area contributed by atoms with Crippen LogP contribution in [0.1, 0.15) is 28.0 Å². The summed E-state index contributed by atoms with van der Waals surface area (Å²) in [4.78, 5) is 38.1. The summed E-state index contributed by atoms with van der Waals surface area (Å²) in [6.07, 6.45) is 3.29. The average molecular weight is 838 g/mol. The van der Waals surface area contributed by atoms with Crippen molar-refractivity contribution in [2.75, 3.05) is 33.5 Å². The van der Waals surface area contributed by atoms with E-state index >= 15 is 0 Å². The van der Waals surface area contributed by atoms with Gasteiger partial charge >= 0.3 is 5.97 Å². The third kappa shape index (κ3) is 9.88. The number of carbonyl (C=O) groups is 1. The SMILES string of the molecule is COC(=O)c1cccc(COc2c(-c3ccc(OCCOCCn4cc(CCCOc5ccc(-c6cc(=O)c7ccc(F)cc7o6)cc5)nn4)cc3)oc3ccccc3c2=O)c1. The normalized spacial score (nSPS) is 11.2. The number of hydrogen-bond donors (Lipinski definition) is 0. The van der Waals surface area contributed by atoms with Crippen LogP contribution in [0.3, 0.4) is 0 Å². The zero-order valence-corrected chi connectivity index (χ0v) is 33.6. The third-order valence-electron chi connectivity index (χ3n) is 9.83. The van der Waals surface area contributed by atoms with Crippen LogP contribution < -0.4 is 25.1 Å². The Hall–Kier alpha value is -7.58. The first-order valence-corrected chi connectivity index (χ1v) is 19.8. The van der Waals surface area contributed by atoms with Gasteiger partial charge in [-0.2, -0.15) is 0 Å². The van der Waals surface area contributed by atoms with Crippen molar-refractivity contribution >= 4 is 27.9 Å². The standard InChI is InChI=1S/C48H40FN3O10/c1-56-48(55)34-7-4-6-31(26-34)30-60-47-45(54)40-9-2-3-10-42(40)62-46(47)33-13-18-38(19-14-33)59-25-24-57-23-21-52-29-36(50-51-52)8-5-22-58-37-16-11-32(12-17-37)43-28-41(53)39-20-15-35(49)27-44(39)61-43/h2-4,6-7,9-20,26-29H,5,8,21-25,30H2,1H3. The van der Waals surface area contributed by atoms with E-state index in [9.17, 15) is 18.8 Å². The van der Waals surface area contributed by atoms with E-state index in [1.165, 1.54) is 31.4 Å². The second kappa shape index (κ2) is 19.2. The van der Waals surface area contributed by atoms with Crippen molar-refractivity contribution in [3.8, 4) is 39.9 Å². The van der Waals surface area contributed by atoms with Crippen molar-refractivity contribution in [3.63, 3.8) is 0 Å². The molecule has 3 aromatic heterocycles. The lowest BCUT2D eigenvalue weighted by Crippen LogP contribution is -2.12. The molecule has 8 rings (SSSR count). The Balaban J connectivity index is 0.765. The van der Waals surface area contributed by atoms with Gasteiger partial charge in [0.15, 0.2) is 11.2 Å². The Morgan fingerprint density at radius 2 is 1.50 bits per heavy atom. The van der Waals surface area contributed by atoms with E-state index < -0.39 is 11.8 Å². The fourth-order valence-corrected chi connectivity index (χ4v) is 6.68. The number of aromatic nitrogens is 3. The first-order valence-electron chi connectivity index (χ1n) is 19.8. The van der Waals surface area contributed by atoms with Crippen molar-refractivity contribution in [1.82, 2.24) is 15.0 Å². The van der Waals surface area contributed by atoms with Gasteiger partial charge in [0, 0.05) is 29.5 Å². The maximum Gasteiger partial charge on any atom is 0.337 e. The van der Waals surface area contributed by atoms with Gasteiger partial charge in [0.2, 0.25) is 11.2 Å². The maximum atomic E-state index is 13.7. The number of carbonyl (C=O) groups excluding carboxylic acids is 1. The van der Waals surface area contributed by atoms with Gasteiger partial charge in [-0.05, 0) is 103 Å². The van der Waals surface area contributed by atoms with Crippen molar-refractivity contribution in [1.29, 1.82) is 0 Å². The van der Waals surface area contributed by atoms with Gasteiger partial charge < -0.3 is 32.5 Å². The Morgan fingerprint density at radius 1 is 0.726 bits per heavy atom. The number of hydrogen-bond acceptors (Lipinski definition) is 12. The molecule has 0 saturated heterocycles. The molecule has 0 aliphatic heterocycles. The lowest BCUT2D eigenvalue weighted by molar-refractivity contribution is 0.0600. The van der Waals surface area contributed by atoms with Crippen molar-refractivity contribution in [2.45, 2.75) is 26.0 Å². The Kier molecular flexibility index (Phi) is 12.8. The Bertz CT molecular complexity index is 2940. The van der Waals surface area contributed by atoms with Gasteiger partial charge in [-0.3, -0.25) is 9.59 Å². The number of halogens is 1. The number of methoxy groups -OCH3 is 1. The van der Waals surface area contributed by atoms with E-state index in [1.54, 1.807) is 102 Å². The minimum atomic E-state index is -0.473. The topological polar surface area (TPSA) is 154 Å². The molecule has 0 saturated carbocycles. The fraction of sp³-hybridized carbons (Fsp3) is 0.188. The number of aryl methyl sites for hydroxylation is 1. The second-order valence-corrected chi connectivity index (χ2v) is 14.1. The smallest absolute Gasteiger partial charge is 0.337 e. The summed E-state index contributed by atoms with van der Waals surface area (Å²) in [5, 5.41) is 9.17. The van der Waals surface area contributed by atoms with Crippen LogP contribution in [-0.4, -0.2) is 54.5 Å². The highest BCUT2D eigenvalue weighted by Crippen LogP contribution is 2.33. The predicted molar refractivity (Wildman–Crippen MR) is 228 cm³/mol. The third-order valence-corrected chi connectivity index (χ3v) is 9.83. The number of ether oxygens (including phenoxy) is 5. The van der Waals surface area contributed by atoms with Crippen LogP contribution in [0.15, 0.2) is 146 Å². The predicted octanol–water partition coefficient (Wildman–Crippen LogP) is 8.44. The molecular formula is C48H40FN3O10. The molecule has 0 N–H and O–H groups in total. The van der Waals surface area contributed by atoms with Gasteiger partial charge in [-0.1, -0.05) is 29.5 Å². The zero-order valence-electron chi connectivity index (χ0n) is 33.6. The van der Waals surface area contributed by atoms with E-state index in [1.807, 2.05) is 6.20 Å². The lowest BCUT2D eigenvalue weighted by Gasteiger charge is -2.13. The number of fused-ring (bicyclic) bond motifs is 2. The molecule has 62 heavy (non-hydrogen) atoms. The first kappa shape index (κ1) is 41.2. The zero-order chi connectivity index (χ0) is 42.8. The van der Waals surface area contributed by atoms with Gasteiger partial charge in [0.25, 0.3) is 0 Å². The summed E-state index contributed by atoms with van der Waals surface area (Å²) in [7, 11) is 1.32. The minimum Gasteiger partial charge on any atom is -0.494 e. The minimum absolute atomic E-state index is 0.0275. The summed E-state index contributed by atoms with van der Waals surface area (Å²) >= 11 is 0. The molecule has 8 aromatic rings. The average Bonchev–Trinajstić information content (AvgIpc) is 3.76. The molecule has 14 heteroatoms. The highest BCUT2D eigenvalue weighted by atomic mass is 19.1. The van der Waals surface area contributed by atoms with Crippen LogP contribution in [0, 0.1) is 5.82 Å². The van der Waals surface area contributed by atoms with Crippen LogP contribution in [-0.2, 0) is 29.0 Å². The quantitative estimate of drug-likeness (QED) is 0.0602. The highest BCUT2D eigenvalue weighted by molar-refractivity contribution is 5.89. The summed E-state index contributed by atoms with van der Waals surface area (Å²) in [5.41, 5.74) is 3.27. The summed E-state index contributed by atoms with van der Waals surface area (Å²) in [6, 6.07) is 33.4. The van der Waals surface area contributed by atoms with E-state index in [4.69, 9.17) is 32.5 Å². The molecule has 0 aliphatic rings. The molecule has 0 unspecified atom stereocenters. The molecule has 0 radical (unpaired) electrons. The Morgan fingerprint density at radius 3 is 2.31 bits per heavy atom. The van der Waals surface area contributed by atoms with Crippen LogP contribution in [0.5, 0.6) is 17.2 Å². The van der Waals surface area contributed by atoms with Gasteiger partial charge in [-0.15, -0.1) is 5.10 Å². The van der Waals surface area contributed by atoms with E-state index in [0.717, 1.165) is 12.1 Å². The Labute approximate surface area is 353 Å². The molecule has 314 valence electrons. The number of rotatable bonds is 18. The monoisotopic (exact) mass is 837 g/mol. The molecule has 0 amide bonds. The van der Waals surface area contributed by atoms with Gasteiger partial charge in [-0.25, -0.2) is 13.9 Å². The maximum absolute atomic E-state index is 13.7. The number of esters is 1. The fourth-order valence-electron chi connectivity index (χ4n) is 6.68. The molecule has 0 spiro atoms. The van der Waals surface area contributed by atoms with E-state index in [-0.39, 0.29) is 34.6 Å². The summed E-state index contributed by atoms with van der Waals surface area (Å²) < 4.78 is 55.9. The number of benzene rings is 5. The lowest BCUT2D eigenvalue weighted by atomic mass is 10.1. The highest BCUT2D eigenvalue weighted by Gasteiger charge is 2.19. The molecule has 0 aliphatic carbocycles. The van der Waals surface area contributed by atoms with Crippen molar-refractivity contribution in [2.24, 2.45) is 0 Å². The summed E-state index contributed by atoms with van der Waals surface area (Å²) in [5.74, 6) is 1.02. The van der Waals surface area contributed by atoms with Gasteiger partial charge in [0.1, 0.15) is 47.5 Å². The largest absolute Gasteiger partial charge is 0.494 e. The van der Waals surface area contributed by atoms with E-state index in [2.05, 4.69) is 10.3 Å².